The van der Waals surface area contributed by atoms with Gasteiger partial charge < -0.3 is 4.74 Å². The third kappa shape index (κ3) is 4.95. The summed E-state index contributed by atoms with van der Waals surface area (Å²) in [7, 11) is 0. The van der Waals surface area contributed by atoms with Crippen molar-refractivity contribution in [2.24, 2.45) is 0 Å². The van der Waals surface area contributed by atoms with Crippen LogP contribution >= 0.6 is 34.4 Å². The maximum absolute atomic E-state index is 12.6. The number of thioether (sulfide) groups is 1. The van der Waals surface area contributed by atoms with Gasteiger partial charge in [0.05, 0.1) is 17.4 Å². The van der Waals surface area contributed by atoms with E-state index in [2.05, 4.69) is 15.2 Å². The first-order valence-electron chi connectivity index (χ1n) is 7.56. The zero-order valence-corrected chi connectivity index (χ0v) is 16.2. The molecular formula is C16H14F3N3OS3. The first kappa shape index (κ1) is 19.1. The molecule has 3 rings (SSSR count). The molecule has 0 aliphatic rings. The summed E-state index contributed by atoms with van der Waals surface area (Å²) in [5.74, 6) is 0.605. The van der Waals surface area contributed by atoms with Crippen molar-refractivity contribution in [3.63, 3.8) is 0 Å². The second kappa shape index (κ2) is 7.93. The molecule has 0 atom stereocenters. The number of benzene rings is 1. The summed E-state index contributed by atoms with van der Waals surface area (Å²) >= 11 is 4.27. The fourth-order valence-corrected chi connectivity index (χ4v) is 4.58. The van der Waals surface area contributed by atoms with Crippen LogP contribution in [0.3, 0.4) is 0 Å². The molecule has 0 fully saturated rings. The van der Waals surface area contributed by atoms with Crippen molar-refractivity contribution in [1.82, 2.24) is 15.2 Å². The number of halogens is 3. The van der Waals surface area contributed by atoms with E-state index in [1.807, 2.05) is 19.2 Å². The normalized spacial score (nSPS) is 11.9. The van der Waals surface area contributed by atoms with E-state index >= 15 is 0 Å². The zero-order valence-electron chi connectivity index (χ0n) is 13.8. The predicted octanol–water partition coefficient (Wildman–Crippen LogP) is 5.76. The van der Waals surface area contributed by atoms with Gasteiger partial charge in [-0.05, 0) is 37.3 Å². The van der Waals surface area contributed by atoms with Crippen molar-refractivity contribution < 1.29 is 17.9 Å². The van der Waals surface area contributed by atoms with Crippen LogP contribution in [0.4, 0.5) is 13.2 Å². The van der Waals surface area contributed by atoms with E-state index in [0.717, 1.165) is 22.2 Å². The molecule has 4 nitrogen and oxygen atoms in total. The highest BCUT2D eigenvalue weighted by atomic mass is 32.2. The van der Waals surface area contributed by atoms with Crippen LogP contribution in [0.2, 0.25) is 0 Å². The Morgan fingerprint density at radius 2 is 1.88 bits per heavy atom. The molecule has 0 bridgehead atoms. The lowest BCUT2D eigenvalue weighted by atomic mass is 10.1. The minimum absolute atomic E-state index is 0.0469. The third-order valence-corrected chi connectivity index (χ3v) is 6.00. The molecule has 26 heavy (non-hydrogen) atoms. The van der Waals surface area contributed by atoms with Crippen LogP contribution in [0.15, 0.2) is 34.0 Å². The number of rotatable bonds is 6. The Morgan fingerprint density at radius 1 is 1.15 bits per heavy atom. The Balaban J connectivity index is 1.62. The van der Waals surface area contributed by atoms with Crippen molar-refractivity contribution in [2.75, 3.05) is 0 Å². The van der Waals surface area contributed by atoms with Gasteiger partial charge in [0.15, 0.2) is 4.34 Å². The van der Waals surface area contributed by atoms with Gasteiger partial charge in [-0.2, -0.15) is 13.2 Å². The molecule has 0 saturated heterocycles. The van der Waals surface area contributed by atoms with Crippen molar-refractivity contribution in [2.45, 2.75) is 36.2 Å². The summed E-state index contributed by atoms with van der Waals surface area (Å²) in [5.41, 5.74) is 0.850. The van der Waals surface area contributed by atoms with Gasteiger partial charge in [0, 0.05) is 16.7 Å². The molecule has 0 N–H and O–H groups in total. The van der Waals surface area contributed by atoms with Gasteiger partial charge in [0.25, 0.3) is 5.19 Å². The van der Waals surface area contributed by atoms with E-state index < -0.39 is 11.7 Å². The van der Waals surface area contributed by atoms with Crippen molar-refractivity contribution in [3.8, 4) is 15.8 Å². The molecule has 0 unspecified atom stereocenters. The summed E-state index contributed by atoms with van der Waals surface area (Å²) in [6, 6.07) is 5.03. The van der Waals surface area contributed by atoms with Gasteiger partial charge in [-0.25, -0.2) is 4.98 Å². The van der Waals surface area contributed by atoms with Crippen molar-refractivity contribution in [3.05, 3.63) is 40.9 Å². The van der Waals surface area contributed by atoms with Crippen LogP contribution in [-0.4, -0.2) is 21.3 Å². The number of aromatic nitrogens is 3. The Hall–Kier alpha value is -1.65. The molecule has 0 spiro atoms. The van der Waals surface area contributed by atoms with Crippen LogP contribution in [0.1, 0.15) is 25.1 Å². The van der Waals surface area contributed by atoms with Gasteiger partial charge in [-0.1, -0.05) is 29.0 Å². The van der Waals surface area contributed by atoms with Crippen LogP contribution in [0.5, 0.6) is 5.19 Å². The van der Waals surface area contributed by atoms with Crippen molar-refractivity contribution >= 4 is 34.4 Å². The lowest BCUT2D eigenvalue weighted by molar-refractivity contribution is -0.137. The highest BCUT2D eigenvalue weighted by Gasteiger charge is 2.30. The Bertz CT molecular complexity index is 859. The zero-order chi connectivity index (χ0) is 18.7. The van der Waals surface area contributed by atoms with Crippen molar-refractivity contribution in [1.29, 1.82) is 0 Å². The second-order valence-corrected chi connectivity index (χ2v) is 8.53. The molecule has 0 radical (unpaired) electrons. The van der Waals surface area contributed by atoms with E-state index in [-0.39, 0.29) is 6.10 Å². The Morgan fingerprint density at radius 3 is 2.54 bits per heavy atom. The third-order valence-electron chi connectivity index (χ3n) is 3.08. The fourth-order valence-electron chi connectivity index (χ4n) is 1.95. The number of thiazole rings is 1. The quantitative estimate of drug-likeness (QED) is 0.477. The van der Waals surface area contributed by atoms with Crippen LogP contribution < -0.4 is 4.74 Å². The average Bonchev–Trinajstić information content (AvgIpc) is 3.21. The van der Waals surface area contributed by atoms with Gasteiger partial charge >= 0.3 is 6.18 Å². The minimum Gasteiger partial charge on any atom is -0.466 e. The smallest absolute Gasteiger partial charge is 0.416 e. The number of ether oxygens (including phenoxy) is 1. The van der Waals surface area contributed by atoms with Crippen LogP contribution in [-0.2, 0) is 11.9 Å². The molecule has 2 heterocycles. The molecular weight excluding hydrogens is 403 g/mol. The van der Waals surface area contributed by atoms with E-state index in [9.17, 15) is 13.2 Å². The van der Waals surface area contributed by atoms with Gasteiger partial charge in [-0.15, -0.1) is 16.4 Å². The van der Waals surface area contributed by atoms with E-state index in [1.54, 1.807) is 0 Å². The topological polar surface area (TPSA) is 47.9 Å². The number of hydrogen-bond donors (Lipinski definition) is 0. The molecule has 0 aliphatic carbocycles. The van der Waals surface area contributed by atoms with E-state index in [4.69, 9.17) is 4.74 Å². The summed E-state index contributed by atoms with van der Waals surface area (Å²) in [6.45, 7) is 3.85. The summed E-state index contributed by atoms with van der Waals surface area (Å²) < 4.78 is 44.1. The molecule has 0 saturated carbocycles. The molecule has 2 aromatic heterocycles. The molecule has 138 valence electrons. The SMILES string of the molecule is CC(C)Oc1nnc(SCc2csc(-c3ccc(C(F)(F)F)cc3)n2)s1. The maximum Gasteiger partial charge on any atom is 0.416 e. The van der Waals surface area contributed by atoms with Crippen LogP contribution in [0, 0.1) is 0 Å². The molecule has 0 aliphatic heterocycles. The molecule has 10 heteroatoms. The molecule has 3 aromatic rings. The van der Waals surface area contributed by atoms with Gasteiger partial charge in [0.1, 0.15) is 5.01 Å². The lowest BCUT2D eigenvalue weighted by Crippen LogP contribution is -2.04. The van der Waals surface area contributed by atoms with Crippen LogP contribution in [0.25, 0.3) is 10.6 Å². The minimum atomic E-state index is -4.33. The largest absolute Gasteiger partial charge is 0.466 e. The van der Waals surface area contributed by atoms with Gasteiger partial charge in [-0.3, -0.25) is 0 Å². The summed E-state index contributed by atoms with van der Waals surface area (Å²) in [4.78, 5) is 4.48. The number of alkyl halides is 3. The first-order valence-corrected chi connectivity index (χ1v) is 10.2. The fraction of sp³-hybridized carbons (Fsp3) is 0.312. The standard InChI is InChI=1S/C16H14F3N3OS3/c1-9(2)23-14-21-22-15(26-14)25-8-12-7-24-13(20-12)10-3-5-11(6-4-10)16(17,18)19/h3-7,9H,8H2,1-2H3. The monoisotopic (exact) mass is 417 g/mol. The summed E-state index contributed by atoms with van der Waals surface area (Å²) in [6.07, 6.45) is -4.28. The summed E-state index contributed by atoms with van der Waals surface area (Å²) in [5, 5.41) is 11.1. The highest BCUT2D eigenvalue weighted by molar-refractivity contribution is 8.00. The number of nitrogens with zero attached hydrogens (tertiary/aromatic N) is 3. The molecule has 0 amide bonds. The van der Waals surface area contributed by atoms with E-state index in [0.29, 0.717) is 21.5 Å². The Kier molecular flexibility index (Phi) is 5.83. The molecule has 1 aromatic carbocycles. The van der Waals surface area contributed by atoms with E-state index in [1.165, 1.54) is 46.6 Å². The van der Waals surface area contributed by atoms with Gasteiger partial charge in [0.2, 0.25) is 0 Å². The Labute approximate surface area is 160 Å². The second-order valence-electron chi connectivity index (χ2n) is 5.51. The highest BCUT2D eigenvalue weighted by Crippen LogP contribution is 2.33. The average molecular weight is 418 g/mol. The maximum atomic E-state index is 12.6. The number of hydrogen-bond acceptors (Lipinski definition) is 7. The predicted molar refractivity (Wildman–Crippen MR) is 97.8 cm³/mol. The lowest BCUT2D eigenvalue weighted by Gasteiger charge is -2.06. The first-order chi connectivity index (χ1) is 12.3.